The van der Waals surface area contributed by atoms with E-state index in [1.165, 1.54) is 17.7 Å². The Morgan fingerprint density at radius 3 is 2.86 bits per heavy atom. The van der Waals surface area contributed by atoms with Crippen LogP contribution >= 0.6 is 11.3 Å². The van der Waals surface area contributed by atoms with Crippen LogP contribution in [0.3, 0.4) is 0 Å². The maximum Gasteiger partial charge on any atom is 0.185 e. The second-order valence-electron chi connectivity index (χ2n) is 5.87. The average Bonchev–Trinajstić information content (AvgIpc) is 3.21. The van der Waals surface area contributed by atoms with E-state index in [9.17, 15) is 8.42 Å². The van der Waals surface area contributed by atoms with Crippen LogP contribution in [0.2, 0.25) is 0 Å². The van der Waals surface area contributed by atoms with Gasteiger partial charge in [0.25, 0.3) is 0 Å². The zero-order chi connectivity index (χ0) is 14.9. The number of aryl methyl sites for hydroxylation is 1. The summed E-state index contributed by atoms with van der Waals surface area (Å²) in [5.74, 6) is 0.565. The van der Waals surface area contributed by atoms with E-state index in [1.807, 2.05) is 0 Å². The van der Waals surface area contributed by atoms with Crippen LogP contribution in [0.25, 0.3) is 0 Å². The summed E-state index contributed by atoms with van der Waals surface area (Å²) in [6.45, 7) is 4.41. The van der Waals surface area contributed by atoms with E-state index in [0.29, 0.717) is 24.8 Å². The standard InChI is InChI=1S/C14H23N3O2S2/c1-2-12-13(10-15-11-4-5-11)20-14(16-12)17-6-3-8-21(18,19)9-7-17/h11,15H,2-10H2,1H3. The van der Waals surface area contributed by atoms with Gasteiger partial charge in [0.2, 0.25) is 0 Å². The van der Waals surface area contributed by atoms with Crippen LogP contribution in [-0.2, 0) is 22.8 Å². The van der Waals surface area contributed by atoms with Gasteiger partial charge >= 0.3 is 0 Å². The molecule has 0 spiro atoms. The van der Waals surface area contributed by atoms with Crippen molar-refractivity contribution >= 4 is 26.3 Å². The summed E-state index contributed by atoms with van der Waals surface area (Å²) in [7, 11) is -2.86. The molecular formula is C14H23N3O2S2. The predicted molar refractivity (Wildman–Crippen MR) is 86.8 cm³/mol. The van der Waals surface area contributed by atoms with Crippen molar-refractivity contribution < 1.29 is 8.42 Å². The van der Waals surface area contributed by atoms with Crippen LogP contribution in [0, 0.1) is 0 Å². The van der Waals surface area contributed by atoms with Crippen LogP contribution in [0.15, 0.2) is 0 Å². The molecule has 2 aliphatic rings. The largest absolute Gasteiger partial charge is 0.347 e. The third-order valence-electron chi connectivity index (χ3n) is 4.06. The summed E-state index contributed by atoms with van der Waals surface area (Å²) in [6, 6.07) is 0.698. The molecular weight excluding hydrogens is 306 g/mol. The molecule has 3 rings (SSSR count). The molecule has 0 bridgehead atoms. The first kappa shape index (κ1) is 15.2. The van der Waals surface area contributed by atoms with Crippen molar-refractivity contribution in [3.05, 3.63) is 10.6 Å². The summed E-state index contributed by atoms with van der Waals surface area (Å²) in [5, 5.41) is 4.54. The fourth-order valence-electron chi connectivity index (χ4n) is 2.57. The molecule has 2 fully saturated rings. The van der Waals surface area contributed by atoms with Crippen molar-refractivity contribution in [2.45, 2.75) is 45.2 Å². The Balaban J connectivity index is 1.71. The maximum atomic E-state index is 11.7. The molecule has 1 N–H and O–H groups in total. The molecule has 0 amide bonds. The molecule has 1 saturated heterocycles. The van der Waals surface area contributed by atoms with E-state index in [4.69, 9.17) is 4.98 Å². The van der Waals surface area contributed by atoms with Crippen LogP contribution in [-0.4, -0.2) is 44.0 Å². The summed E-state index contributed by atoms with van der Waals surface area (Å²) >= 11 is 1.73. The molecule has 1 aliphatic carbocycles. The number of rotatable bonds is 5. The number of hydrogen-bond acceptors (Lipinski definition) is 6. The van der Waals surface area contributed by atoms with E-state index in [2.05, 4.69) is 17.1 Å². The lowest BCUT2D eigenvalue weighted by atomic mass is 10.3. The molecule has 2 heterocycles. The maximum absolute atomic E-state index is 11.7. The molecule has 1 aromatic heterocycles. The minimum absolute atomic E-state index is 0.254. The highest BCUT2D eigenvalue weighted by molar-refractivity contribution is 7.91. The quantitative estimate of drug-likeness (QED) is 0.889. The van der Waals surface area contributed by atoms with Gasteiger partial charge in [-0.3, -0.25) is 0 Å². The monoisotopic (exact) mass is 329 g/mol. The molecule has 0 atom stereocenters. The number of aromatic nitrogens is 1. The predicted octanol–water partition coefficient (Wildman–Crippen LogP) is 1.58. The zero-order valence-electron chi connectivity index (χ0n) is 12.5. The van der Waals surface area contributed by atoms with Gasteiger partial charge in [-0.1, -0.05) is 6.92 Å². The molecule has 0 unspecified atom stereocenters. The summed E-state index contributed by atoms with van der Waals surface area (Å²) in [6.07, 6.45) is 4.22. The number of anilines is 1. The second-order valence-corrected chi connectivity index (χ2v) is 9.23. The van der Waals surface area contributed by atoms with Crippen LogP contribution in [0.1, 0.15) is 36.8 Å². The molecule has 0 aromatic carbocycles. The van der Waals surface area contributed by atoms with Crippen molar-refractivity contribution in [2.24, 2.45) is 0 Å². The first-order valence-electron chi connectivity index (χ1n) is 7.75. The lowest BCUT2D eigenvalue weighted by Gasteiger charge is -2.17. The van der Waals surface area contributed by atoms with Gasteiger partial charge in [0.05, 0.1) is 17.2 Å². The summed E-state index contributed by atoms with van der Waals surface area (Å²) < 4.78 is 23.4. The number of thiazole rings is 1. The highest BCUT2D eigenvalue weighted by atomic mass is 32.2. The van der Waals surface area contributed by atoms with Gasteiger partial charge < -0.3 is 10.2 Å². The SMILES string of the molecule is CCc1nc(N2CCCS(=O)(=O)CC2)sc1CNC1CC1. The van der Waals surface area contributed by atoms with E-state index >= 15 is 0 Å². The van der Waals surface area contributed by atoms with Gasteiger partial charge in [0.1, 0.15) is 0 Å². The first-order chi connectivity index (χ1) is 10.1. The fraction of sp³-hybridized carbons (Fsp3) is 0.786. The minimum atomic E-state index is -2.86. The highest BCUT2D eigenvalue weighted by Crippen LogP contribution is 2.29. The Hall–Kier alpha value is -0.660. The van der Waals surface area contributed by atoms with E-state index < -0.39 is 9.84 Å². The summed E-state index contributed by atoms with van der Waals surface area (Å²) in [4.78, 5) is 8.21. The lowest BCUT2D eigenvalue weighted by molar-refractivity contribution is 0.597. The van der Waals surface area contributed by atoms with Gasteiger partial charge in [-0.05, 0) is 25.7 Å². The Morgan fingerprint density at radius 1 is 1.33 bits per heavy atom. The Morgan fingerprint density at radius 2 is 2.14 bits per heavy atom. The topological polar surface area (TPSA) is 62.3 Å². The fourth-order valence-corrected chi connectivity index (χ4v) is 5.00. The van der Waals surface area contributed by atoms with Gasteiger partial charge in [-0.2, -0.15) is 0 Å². The zero-order valence-corrected chi connectivity index (χ0v) is 14.1. The Kier molecular flexibility index (Phi) is 4.51. The minimum Gasteiger partial charge on any atom is -0.347 e. The second kappa shape index (κ2) is 6.22. The lowest BCUT2D eigenvalue weighted by Crippen LogP contribution is -2.26. The van der Waals surface area contributed by atoms with Crippen molar-refractivity contribution in [3.63, 3.8) is 0 Å². The molecule has 1 aromatic rings. The van der Waals surface area contributed by atoms with Crippen molar-refractivity contribution in [1.29, 1.82) is 0 Å². The molecule has 5 nitrogen and oxygen atoms in total. The van der Waals surface area contributed by atoms with E-state index in [1.54, 1.807) is 11.3 Å². The smallest absolute Gasteiger partial charge is 0.185 e. The number of sulfone groups is 1. The van der Waals surface area contributed by atoms with E-state index in [0.717, 1.165) is 30.3 Å². The highest BCUT2D eigenvalue weighted by Gasteiger charge is 2.24. The molecule has 1 aliphatic heterocycles. The third kappa shape index (κ3) is 3.96. The molecule has 1 saturated carbocycles. The first-order valence-corrected chi connectivity index (χ1v) is 10.4. The molecule has 0 radical (unpaired) electrons. The number of nitrogens with one attached hydrogen (secondary N) is 1. The van der Waals surface area contributed by atoms with Gasteiger partial charge in [-0.25, -0.2) is 13.4 Å². The van der Waals surface area contributed by atoms with Crippen molar-refractivity contribution in [1.82, 2.24) is 10.3 Å². The van der Waals surface area contributed by atoms with E-state index in [-0.39, 0.29) is 5.75 Å². The van der Waals surface area contributed by atoms with Gasteiger partial charge in [-0.15, -0.1) is 11.3 Å². The van der Waals surface area contributed by atoms with Crippen LogP contribution in [0.5, 0.6) is 0 Å². The van der Waals surface area contributed by atoms with Crippen LogP contribution in [0.4, 0.5) is 5.13 Å². The molecule has 7 heteroatoms. The molecule has 118 valence electrons. The number of hydrogen-bond donors (Lipinski definition) is 1. The molecule has 21 heavy (non-hydrogen) atoms. The van der Waals surface area contributed by atoms with Crippen LogP contribution < -0.4 is 10.2 Å². The average molecular weight is 329 g/mol. The van der Waals surface area contributed by atoms with Gasteiger partial charge in [0, 0.05) is 30.6 Å². The Labute approximate surface area is 130 Å². The van der Waals surface area contributed by atoms with Crippen molar-refractivity contribution in [3.8, 4) is 0 Å². The number of nitrogens with zero attached hydrogens (tertiary/aromatic N) is 2. The van der Waals surface area contributed by atoms with Crippen molar-refractivity contribution in [2.75, 3.05) is 29.5 Å². The third-order valence-corrected chi connectivity index (χ3v) is 6.93. The normalized spacial score (nSPS) is 22.2. The summed E-state index contributed by atoms with van der Waals surface area (Å²) in [5.41, 5.74) is 1.16. The van der Waals surface area contributed by atoms with Gasteiger partial charge in [0.15, 0.2) is 15.0 Å². The Bertz CT molecular complexity index is 593.